The van der Waals surface area contributed by atoms with Crippen molar-refractivity contribution in [2.75, 3.05) is 14.2 Å². The molecule has 3 aromatic carbocycles. The molecule has 0 bridgehead atoms. The molecule has 182 valence electrons. The van der Waals surface area contributed by atoms with Crippen molar-refractivity contribution in [3.8, 4) is 28.8 Å². The first-order valence-corrected chi connectivity index (χ1v) is 12.6. The molecule has 36 heavy (non-hydrogen) atoms. The van der Waals surface area contributed by atoms with E-state index in [-0.39, 0.29) is 9.80 Å². The maximum Gasteiger partial charge on any atom is 0.216 e. The van der Waals surface area contributed by atoms with Crippen molar-refractivity contribution in [3.05, 3.63) is 101 Å². The third-order valence-electron chi connectivity index (χ3n) is 5.65. The highest BCUT2D eigenvalue weighted by molar-refractivity contribution is 7.95. The lowest BCUT2D eigenvalue weighted by molar-refractivity contribution is 0.355. The number of allylic oxidation sites excluding steroid dienone is 1. The fourth-order valence-electron chi connectivity index (χ4n) is 3.76. The van der Waals surface area contributed by atoms with Crippen LogP contribution in [0.1, 0.15) is 16.7 Å². The average Bonchev–Trinajstić information content (AvgIpc) is 3.29. The fraction of sp³-hybridized carbons (Fsp3) is 0.143. The Labute approximate surface area is 210 Å². The summed E-state index contributed by atoms with van der Waals surface area (Å²) in [5.74, 6) is 1.07. The van der Waals surface area contributed by atoms with Crippen LogP contribution >= 0.6 is 0 Å². The first-order valence-electron chi connectivity index (χ1n) is 11.1. The molecule has 0 spiro atoms. The summed E-state index contributed by atoms with van der Waals surface area (Å²) in [6, 6.07) is 23.4. The van der Waals surface area contributed by atoms with Gasteiger partial charge in [-0.05, 0) is 48.9 Å². The van der Waals surface area contributed by atoms with Crippen molar-refractivity contribution < 1.29 is 17.9 Å². The molecule has 7 nitrogen and oxygen atoms in total. The molecule has 1 aromatic heterocycles. The summed E-state index contributed by atoms with van der Waals surface area (Å²) in [5.41, 5.74) is 3.65. The third kappa shape index (κ3) is 5.16. The molecule has 0 radical (unpaired) electrons. The van der Waals surface area contributed by atoms with E-state index in [1.807, 2.05) is 49.4 Å². The van der Waals surface area contributed by atoms with E-state index in [4.69, 9.17) is 14.6 Å². The summed E-state index contributed by atoms with van der Waals surface area (Å²) in [6.07, 6.45) is 3.11. The smallest absolute Gasteiger partial charge is 0.216 e. The second-order valence-electron chi connectivity index (χ2n) is 8.12. The summed E-state index contributed by atoms with van der Waals surface area (Å²) < 4.78 is 39.0. The predicted molar refractivity (Wildman–Crippen MR) is 138 cm³/mol. The summed E-state index contributed by atoms with van der Waals surface area (Å²) in [4.78, 5) is -0.308. The zero-order valence-electron chi connectivity index (χ0n) is 20.2. The summed E-state index contributed by atoms with van der Waals surface area (Å²) in [7, 11) is -0.929. The van der Waals surface area contributed by atoms with Crippen molar-refractivity contribution >= 4 is 15.9 Å². The first-order chi connectivity index (χ1) is 17.3. The van der Waals surface area contributed by atoms with Crippen LogP contribution in [0, 0.1) is 18.3 Å². The standard InChI is InChI=1S/C28H25N3O4S/c1-20-9-12-24(13-10-20)36(32,33)25(17-29)15-23-19-31(18-21-7-5-4-6-8-21)30-28(23)22-11-14-26(34-2)27(16-22)35-3/h4-16,19H,18H2,1-3H3/b25-15+. The first kappa shape index (κ1) is 24.8. The molecule has 0 amide bonds. The number of nitriles is 1. The highest BCUT2D eigenvalue weighted by Crippen LogP contribution is 2.34. The van der Waals surface area contributed by atoms with Gasteiger partial charge in [0, 0.05) is 17.3 Å². The van der Waals surface area contributed by atoms with Gasteiger partial charge >= 0.3 is 0 Å². The summed E-state index contributed by atoms with van der Waals surface area (Å²) >= 11 is 0. The van der Waals surface area contributed by atoms with E-state index in [1.54, 1.807) is 49.4 Å². The van der Waals surface area contributed by atoms with Crippen LogP contribution < -0.4 is 9.47 Å². The van der Waals surface area contributed by atoms with E-state index in [0.717, 1.165) is 11.1 Å². The molecule has 0 fully saturated rings. The van der Waals surface area contributed by atoms with Gasteiger partial charge < -0.3 is 9.47 Å². The Morgan fingerprint density at radius 3 is 2.33 bits per heavy atom. The molecule has 0 aliphatic rings. The minimum absolute atomic E-state index is 0.0604. The van der Waals surface area contributed by atoms with Crippen molar-refractivity contribution in [2.45, 2.75) is 18.4 Å². The van der Waals surface area contributed by atoms with Crippen molar-refractivity contribution in [1.82, 2.24) is 9.78 Å². The number of sulfone groups is 1. The lowest BCUT2D eigenvalue weighted by Crippen LogP contribution is -2.03. The Hall–Kier alpha value is -4.35. The number of rotatable bonds is 8. The number of ether oxygens (including phenoxy) is 2. The fourth-order valence-corrected chi connectivity index (χ4v) is 4.91. The largest absolute Gasteiger partial charge is 0.493 e. The Bertz CT molecular complexity index is 1550. The molecule has 0 aliphatic carbocycles. The molecular weight excluding hydrogens is 474 g/mol. The molecular formula is C28H25N3O4S. The second-order valence-corrected chi connectivity index (χ2v) is 10.0. The molecule has 0 aliphatic heterocycles. The number of aryl methyl sites for hydroxylation is 1. The zero-order valence-corrected chi connectivity index (χ0v) is 21.0. The molecule has 0 saturated carbocycles. The highest BCUT2D eigenvalue weighted by Gasteiger charge is 2.22. The Kier molecular flexibility index (Phi) is 7.23. The molecule has 0 saturated heterocycles. The van der Waals surface area contributed by atoms with E-state index in [9.17, 15) is 13.7 Å². The van der Waals surface area contributed by atoms with E-state index in [2.05, 4.69) is 0 Å². The molecule has 8 heteroatoms. The maximum absolute atomic E-state index is 13.3. The monoisotopic (exact) mass is 499 g/mol. The molecule has 0 unspecified atom stereocenters. The third-order valence-corrected chi connectivity index (χ3v) is 7.33. The van der Waals surface area contributed by atoms with Crippen molar-refractivity contribution in [2.24, 2.45) is 0 Å². The molecule has 1 heterocycles. The van der Waals surface area contributed by atoms with Crippen LogP contribution in [0.3, 0.4) is 0 Å². The van der Waals surface area contributed by atoms with Gasteiger partial charge in [-0.3, -0.25) is 4.68 Å². The van der Waals surface area contributed by atoms with E-state index >= 15 is 0 Å². The van der Waals surface area contributed by atoms with Gasteiger partial charge in [0.05, 0.1) is 31.4 Å². The lowest BCUT2D eigenvalue weighted by atomic mass is 10.1. The van der Waals surface area contributed by atoms with Crippen molar-refractivity contribution in [3.63, 3.8) is 0 Å². The molecule has 4 rings (SSSR count). The van der Waals surface area contributed by atoms with Gasteiger partial charge in [0.15, 0.2) is 11.5 Å². The normalized spacial score (nSPS) is 11.7. The van der Waals surface area contributed by atoms with Gasteiger partial charge in [-0.1, -0.05) is 48.0 Å². The van der Waals surface area contributed by atoms with Gasteiger partial charge in [0.1, 0.15) is 11.0 Å². The van der Waals surface area contributed by atoms with Gasteiger partial charge in [0.2, 0.25) is 9.84 Å². The van der Waals surface area contributed by atoms with E-state index < -0.39 is 9.84 Å². The van der Waals surface area contributed by atoms with Crippen LogP contribution in [0.4, 0.5) is 0 Å². The number of benzene rings is 3. The maximum atomic E-state index is 13.3. The number of methoxy groups -OCH3 is 2. The van der Waals surface area contributed by atoms with Crippen LogP contribution in [-0.2, 0) is 16.4 Å². The van der Waals surface area contributed by atoms with E-state index in [1.165, 1.54) is 18.2 Å². The van der Waals surface area contributed by atoms with Gasteiger partial charge in [-0.25, -0.2) is 8.42 Å². The average molecular weight is 500 g/mol. The highest BCUT2D eigenvalue weighted by atomic mass is 32.2. The van der Waals surface area contributed by atoms with Crippen LogP contribution in [0.5, 0.6) is 11.5 Å². The second kappa shape index (κ2) is 10.5. The molecule has 0 N–H and O–H groups in total. The minimum Gasteiger partial charge on any atom is -0.493 e. The number of nitrogens with zero attached hydrogens (tertiary/aromatic N) is 3. The SMILES string of the molecule is COc1ccc(-c2nn(Cc3ccccc3)cc2/C=C(\C#N)S(=O)(=O)c2ccc(C)cc2)cc1OC. The quantitative estimate of drug-likeness (QED) is 0.307. The lowest BCUT2D eigenvalue weighted by Gasteiger charge is -2.09. The Morgan fingerprint density at radius 2 is 1.69 bits per heavy atom. The Balaban J connectivity index is 1.85. The number of aromatic nitrogens is 2. The van der Waals surface area contributed by atoms with Crippen LogP contribution in [-0.4, -0.2) is 32.4 Å². The molecule has 4 aromatic rings. The van der Waals surface area contributed by atoms with Crippen LogP contribution in [0.2, 0.25) is 0 Å². The molecule has 0 atom stereocenters. The zero-order chi connectivity index (χ0) is 25.7. The van der Waals surface area contributed by atoms with Crippen LogP contribution in [0.25, 0.3) is 17.3 Å². The summed E-state index contributed by atoms with van der Waals surface area (Å²) in [5, 5.41) is 14.6. The van der Waals surface area contributed by atoms with Gasteiger partial charge in [-0.2, -0.15) is 10.4 Å². The minimum atomic E-state index is -4.02. The van der Waals surface area contributed by atoms with Gasteiger partial charge in [-0.15, -0.1) is 0 Å². The number of hydrogen-bond acceptors (Lipinski definition) is 6. The predicted octanol–water partition coefficient (Wildman–Crippen LogP) is 5.26. The van der Waals surface area contributed by atoms with Crippen LogP contribution in [0.15, 0.2) is 88.8 Å². The summed E-state index contributed by atoms with van der Waals surface area (Å²) in [6.45, 7) is 2.34. The Morgan fingerprint density at radius 1 is 1.00 bits per heavy atom. The van der Waals surface area contributed by atoms with E-state index in [0.29, 0.717) is 34.9 Å². The van der Waals surface area contributed by atoms with Gasteiger partial charge in [0.25, 0.3) is 0 Å². The number of hydrogen-bond donors (Lipinski definition) is 0. The topological polar surface area (TPSA) is 94.2 Å². The van der Waals surface area contributed by atoms with Crippen molar-refractivity contribution in [1.29, 1.82) is 5.26 Å².